The molecule has 0 aromatic carbocycles. The Labute approximate surface area is 104 Å². The van der Waals surface area contributed by atoms with Gasteiger partial charge in [-0.05, 0) is 32.6 Å². The number of hydrogen-bond acceptors (Lipinski definition) is 0. The van der Waals surface area contributed by atoms with E-state index in [9.17, 15) is 0 Å². The molecule has 0 aliphatic carbocycles. The SMILES string of the molecule is CCCCCCCCC/C=C(\C)CCCC. The molecule has 0 nitrogen and oxygen atoms in total. The van der Waals surface area contributed by atoms with Gasteiger partial charge >= 0.3 is 0 Å². The van der Waals surface area contributed by atoms with Gasteiger partial charge in [0.05, 0.1) is 0 Å². The molecule has 0 aliphatic heterocycles. The summed E-state index contributed by atoms with van der Waals surface area (Å²) in [4.78, 5) is 0. The lowest BCUT2D eigenvalue weighted by Crippen LogP contribution is -1.81. The summed E-state index contributed by atoms with van der Waals surface area (Å²) in [6, 6.07) is 0. The van der Waals surface area contributed by atoms with E-state index in [0.29, 0.717) is 0 Å². The predicted molar refractivity (Wildman–Crippen MR) is 75.9 cm³/mol. The molecule has 0 saturated carbocycles. The van der Waals surface area contributed by atoms with E-state index in [2.05, 4.69) is 26.8 Å². The molecule has 0 spiro atoms. The van der Waals surface area contributed by atoms with Crippen LogP contribution in [0.3, 0.4) is 0 Å². The molecule has 0 amide bonds. The van der Waals surface area contributed by atoms with Gasteiger partial charge in [-0.25, -0.2) is 0 Å². The quantitative estimate of drug-likeness (QED) is 0.287. The summed E-state index contributed by atoms with van der Waals surface area (Å²) in [5, 5.41) is 0. The van der Waals surface area contributed by atoms with Crippen molar-refractivity contribution >= 4 is 0 Å². The van der Waals surface area contributed by atoms with E-state index in [1.54, 1.807) is 5.57 Å². The largest absolute Gasteiger partial charge is 0.0856 e. The zero-order chi connectivity index (χ0) is 12.1. The molecule has 0 heteroatoms. The summed E-state index contributed by atoms with van der Waals surface area (Å²) < 4.78 is 0. The van der Waals surface area contributed by atoms with Gasteiger partial charge in [0.1, 0.15) is 0 Å². The lowest BCUT2D eigenvalue weighted by Gasteiger charge is -2.01. The maximum atomic E-state index is 2.46. The van der Waals surface area contributed by atoms with Crippen LogP contribution in [0.2, 0.25) is 0 Å². The predicted octanol–water partition coefficient (Wildman–Crippen LogP) is 6.26. The van der Waals surface area contributed by atoms with Crippen molar-refractivity contribution in [1.29, 1.82) is 0 Å². The van der Waals surface area contributed by atoms with Crippen LogP contribution < -0.4 is 0 Å². The normalized spacial score (nSPS) is 12.1. The first kappa shape index (κ1) is 15.7. The van der Waals surface area contributed by atoms with Crippen molar-refractivity contribution in [2.45, 2.75) is 91.4 Å². The Bertz CT molecular complexity index is 155. The molecular weight excluding hydrogens is 192 g/mol. The molecule has 16 heavy (non-hydrogen) atoms. The highest BCUT2D eigenvalue weighted by Crippen LogP contribution is 2.11. The third kappa shape index (κ3) is 11.8. The van der Waals surface area contributed by atoms with Gasteiger partial charge in [0.25, 0.3) is 0 Å². The molecule has 0 atom stereocenters. The fraction of sp³-hybridized carbons (Fsp3) is 0.875. The maximum Gasteiger partial charge on any atom is -0.0323 e. The summed E-state index contributed by atoms with van der Waals surface area (Å²) in [6.07, 6.45) is 17.7. The van der Waals surface area contributed by atoms with Crippen LogP contribution in [0.15, 0.2) is 11.6 Å². The number of unbranched alkanes of at least 4 members (excludes halogenated alkanes) is 8. The van der Waals surface area contributed by atoms with Gasteiger partial charge < -0.3 is 0 Å². The van der Waals surface area contributed by atoms with Gasteiger partial charge in [-0.3, -0.25) is 0 Å². The van der Waals surface area contributed by atoms with Crippen molar-refractivity contribution in [1.82, 2.24) is 0 Å². The first-order chi connectivity index (χ1) is 7.81. The van der Waals surface area contributed by atoms with E-state index in [1.165, 1.54) is 70.6 Å². The molecule has 0 aromatic heterocycles. The Morgan fingerprint density at radius 1 is 0.750 bits per heavy atom. The molecule has 0 rings (SSSR count). The van der Waals surface area contributed by atoms with Crippen molar-refractivity contribution in [3.05, 3.63) is 11.6 Å². The zero-order valence-electron chi connectivity index (χ0n) is 11.9. The van der Waals surface area contributed by atoms with Crippen LogP contribution in [0.5, 0.6) is 0 Å². The fourth-order valence-electron chi connectivity index (χ4n) is 2.01. The van der Waals surface area contributed by atoms with Crippen molar-refractivity contribution in [2.75, 3.05) is 0 Å². The van der Waals surface area contributed by atoms with Crippen molar-refractivity contribution in [3.63, 3.8) is 0 Å². The second-order valence-corrected chi connectivity index (χ2v) is 5.06. The minimum absolute atomic E-state index is 1.31. The topological polar surface area (TPSA) is 0 Å². The van der Waals surface area contributed by atoms with E-state index in [4.69, 9.17) is 0 Å². The molecule has 0 radical (unpaired) electrons. The Morgan fingerprint density at radius 3 is 1.94 bits per heavy atom. The summed E-state index contributed by atoms with van der Waals surface area (Å²) in [7, 11) is 0. The van der Waals surface area contributed by atoms with E-state index < -0.39 is 0 Å². The molecule has 0 N–H and O–H groups in total. The van der Waals surface area contributed by atoms with Gasteiger partial charge in [0.15, 0.2) is 0 Å². The molecule has 0 unspecified atom stereocenters. The first-order valence-corrected chi connectivity index (χ1v) is 7.46. The van der Waals surface area contributed by atoms with Gasteiger partial charge in [0, 0.05) is 0 Å². The van der Waals surface area contributed by atoms with Crippen LogP contribution in [-0.2, 0) is 0 Å². The summed E-state index contributed by atoms with van der Waals surface area (Å²) >= 11 is 0. The molecule has 0 fully saturated rings. The maximum absolute atomic E-state index is 2.46. The Kier molecular flexibility index (Phi) is 12.6. The highest BCUT2D eigenvalue weighted by molar-refractivity contribution is 4.97. The molecule has 0 heterocycles. The van der Waals surface area contributed by atoms with Crippen LogP contribution >= 0.6 is 0 Å². The highest BCUT2D eigenvalue weighted by Gasteiger charge is 1.91. The minimum Gasteiger partial charge on any atom is -0.0856 e. The fourth-order valence-corrected chi connectivity index (χ4v) is 2.01. The average molecular weight is 224 g/mol. The van der Waals surface area contributed by atoms with Crippen LogP contribution in [0.4, 0.5) is 0 Å². The Morgan fingerprint density at radius 2 is 1.31 bits per heavy atom. The molecule has 96 valence electrons. The number of allylic oxidation sites excluding steroid dienone is 2. The molecule has 0 bridgehead atoms. The zero-order valence-corrected chi connectivity index (χ0v) is 11.9. The molecule has 0 aliphatic rings. The number of rotatable bonds is 11. The minimum atomic E-state index is 1.31. The molecule has 0 saturated heterocycles. The second kappa shape index (κ2) is 12.8. The van der Waals surface area contributed by atoms with E-state index in [1.807, 2.05) is 0 Å². The average Bonchev–Trinajstić information content (AvgIpc) is 2.30. The van der Waals surface area contributed by atoms with E-state index >= 15 is 0 Å². The van der Waals surface area contributed by atoms with Gasteiger partial charge in [-0.2, -0.15) is 0 Å². The van der Waals surface area contributed by atoms with Crippen molar-refractivity contribution in [2.24, 2.45) is 0 Å². The van der Waals surface area contributed by atoms with Crippen LogP contribution in [-0.4, -0.2) is 0 Å². The lowest BCUT2D eigenvalue weighted by atomic mass is 10.1. The Hall–Kier alpha value is -0.260. The lowest BCUT2D eigenvalue weighted by molar-refractivity contribution is 0.591. The Balaban J connectivity index is 3.18. The smallest absolute Gasteiger partial charge is 0.0323 e. The highest BCUT2D eigenvalue weighted by atomic mass is 14.0. The summed E-state index contributed by atoms with van der Waals surface area (Å²) in [5.74, 6) is 0. The van der Waals surface area contributed by atoms with Crippen LogP contribution in [0, 0.1) is 0 Å². The standard InChI is InChI=1S/C16H32/c1-4-6-8-9-10-11-12-13-15-16(3)14-7-5-2/h15H,4-14H2,1-3H3/b16-15+. The summed E-state index contributed by atoms with van der Waals surface area (Å²) in [5.41, 5.74) is 1.60. The van der Waals surface area contributed by atoms with E-state index in [0.717, 1.165) is 0 Å². The molecule has 0 aromatic rings. The monoisotopic (exact) mass is 224 g/mol. The van der Waals surface area contributed by atoms with Gasteiger partial charge in [0.2, 0.25) is 0 Å². The third-order valence-electron chi connectivity index (χ3n) is 3.23. The van der Waals surface area contributed by atoms with Crippen LogP contribution in [0.25, 0.3) is 0 Å². The number of hydrogen-bond donors (Lipinski definition) is 0. The second-order valence-electron chi connectivity index (χ2n) is 5.06. The van der Waals surface area contributed by atoms with Gasteiger partial charge in [-0.15, -0.1) is 0 Å². The van der Waals surface area contributed by atoms with Gasteiger partial charge in [-0.1, -0.05) is 70.4 Å². The summed E-state index contributed by atoms with van der Waals surface area (Å²) in [6.45, 7) is 6.84. The van der Waals surface area contributed by atoms with Crippen LogP contribution in [0.1, 0.15) is 91.4 Å². The third-order valence-corrected chi connectivity index (χ3v) is 3.23. The molecular formula is C16H32. The first-order valence-electron chi connectivity index (χ1n) is 7.46. The van der Waals surface area contributed by atoms with Crippen molar-refractivity contribution < 1.29 is 0 Å². The van der Waals surface area contributed by atoms with Crippen molar-refractivity contribution in [3.8, 4) is 0 Å². The van der Waals surface area contributed by atoms with E-state index in [-0.39, 0.29) is 0 Å².